The van der Waals surface area contributed by atoms with Crippen molar-refractivity contribution in [3.63, 3.8) is 0 Å². The number of amides is 1. The zero-order valence-corrected chi connectivity index (χ0v) is 9.66. The van der Waals surface area contributed by atoms with E-state index in [9.17, 15) is 4.79 Å². The van der Waals surface area contributed by atoms with Gasteiger partial charge in [-0.25, -0.2) is 0 Å². The first-order chi connectivity index (χ1) is 8.22. The lowest BCUT2D eigenvalue weighted by atomic mass is 10.1. The molecule has 2 rings (SSSR count). The second kappa shape index (κ2) is 4.72. The highest BCUT2D eigenvalue weighted by atomic mass is 16.2. The number of carbonyl (C=O) groups is 1. The summed E-state index contributed by atoms with van der Waals surface area (Å²) in [6.45, 7) is 2.33. The van der Waals surface area contributed by atoms with Crippen molar-refractivity contribution in [1.82, 2.24) is 0 Å². The summed E-state index contributed by atoms with van der Waals surface area (Å²) in [5, 5.41) is 8.40. The van der Waals surface area contributed by atoms with Gasteiger partial charge in [0.25, 0.3) is 0 Å². The number of hydrogen-bond donors (Lipinski definition) is 0. The number of rotatable bonds is 0. The number of benzene rings is 1. The molecule has 3 heteroatoms. The molecule has 1 aromatic rings. The Balaban J connectivity index is 2.27. The Morgan fingerprint density at radius 2 is 2.35 bits per heavy atom. The van der Waals surface area contributed by atoms with E-state index in [0.717, 1.165) is 29.8 Å². The molecule has 0 radical (unpaired) electrons. The predicted octanol–water partition coefficient (Wildman–Crippen LogP) is 1.86. The van der Waals surface area contributed by atoms with Crippen molar-refractivity contribution < 1.29 is 4.79 Å². The molecule has 84 valence electrons. The Bertz CT molecular complexity index is 558. The van der Waals surface area contributed by atoms with Crippen LogP contribution in [0.5, 0.6) is 0 Å². The Morgan fingerprint density at radius 1 is 1.53 bits per heavy atom. The summed E-state index contributed by atoms with van der Waals surface area (Å²) in [6.07, 6.45) is 1.12. The predicted molar refractivity (Wildman–Crippen MR) is 65.3 cm³/mol. The van der Waals surface area contributed by atoms with Crippen molar-refractivity contribution in [2.45, 2.75) is 19.8 Å². The third-order valence-electron chi connectivity index (χ3n) is 2.76. The highest BCUT2D eigenvalue weighted by Gasteiger charge is 2.21. The van der Waals surface area contributed by atoms with Crippen molar-refractivity contribution >= 4 is 11.6 Å². The van der Waals surface area contributed by atoms with E-state index < -0.39 is 0 Å². The zero-order chi connectivity index (χ0) is 12.3. The lowest BCUT2D eigenvalue weighted by Gasteiger charge is -2.14. The molecular formula is C14H12N2O. The minimum atomic E-state index is 0.0760. The number of hydrogen-bond acceptors (Lipinski definition) is 2. The molecule has 0 aromatic heterocycles. The Kier molecular flexibility index (Phi) is 3.12. The van der Waals surface area contributed by atoms with Gasteiger partial charge in [0.15, 0.2) is 0 Å². The average Bonchev–Trinajstić information content (AvgIpc) is 2.72. The second-order valence-electron chi connectivity index (χ2n) is 3.90. The van der Waals surface area contributed by atoms with Crippen molar-refractivity contribution in [1.29, 1.82) is 5.26 Å². The fourth-order valence-corrected chi connectivity index (χ4v) is 1.99. The fraction of sp³-hybridized carbons (Fsp3) is 0.286. The largest absolute Gasteiger partial charge is 0.312 e. The van der Waals surface area contributed by atoms with Gasteiger partial charge >= 0.3 is 0 Å². The van der Waals surface area contributed by atoms with Crippen molar-refractivity contribution in [3.05, 3.63) is 29.3 Å². The van der Waals surface area contributed by atoms with Crippen LogP contribution in [0, 0.1) is 23.2 Å². The monoisotopic (exact) mass is 224 g/mol. The van der Waals surface area contributed by atoms with Crippen LogP contribution in [0.4, 0.5) is 5.69 Å². The standard InChI is InChI=1S/C14H12N2O/c1-11(17)16-9-7-13-10-12(4-2-3-8-15)5-6-14(13)16/h5-6,10H,3,7,9H2,1H3. The van der Waals surface area contributed by atoms with E-state index in [0.29, 0.717) is 0 Å². The maximum Gasteiger partial charge on any atom is 0.223 e. The number of nitriles is 1. The molecular weight excluding hydrogens is 212 g/mol. The van der Waals surface area contributed by atoms with Crippen LogP contribution < -0.4 is 4.90 Å². The molecule has 3 nitrogen and oxygen atoms in total. The van der Waals surface area contributed by atoms with Gasteiger partial charge in [-0.15, -0.1) is 0 Å². The SMILES string of the molecule is CC(=O)N1CCc2cc(C#CCC#N)ccc21. The summed E-state index contributed by atoms with van der Waals surface area (Å²) in [6, 6.07) is 7.81. The molecule has 17 heavy (non-hydrogen) atoms. The van der Waals surface area contributed by atoms with E-state index in [-0.39, 0.29) is 12.3 Å². The van der Waals surface area contributed by atoms with Gasteiger partial charge in [-0.05, 0) is 30.2 Å². The summed E-state index contributed by atoms with van der Waals surface area (Å²) in [5.74, 6) is 5.80. The van der Waals surface area contributed by atoms with E-state index in [1.807, 2.05) is 24.3 Å². The summed E-state index contributed by atoms with van der Waals surface area (Å²) >= 11 is 0. The highest BCUT2D eigenvalue weighted by Crippen LogP contribution is 2.28. The molecule has 0 bridgehead atoms. The van der Waals surface area contributed by atoms with E-state index in [4.69, 9.17) is 5.26 Å². The van der Waals surface area contributed by atoms with Crippen LogP contribution in [0.1, 0.15) is 24.5 Å². The first-order valence-electron chi connectivity index (χ1n) is 5.49. The van der Waals surface area contributed by atoms with Crippen molar-refractivity contribution in [3.8, 4) is 17.9 Å². The maximum atomic E-state index is 11.4. The van der Waals surface area contributed by atoms with Crippen LogP contribution in [-0.2, 0) is 11.2 Å². The van der Waals surface area contributed by atoms with Crippen LogP contribution in [0.25, 0.3) is 0 Å². The van der Waals surface area contributed by atoms with E-state index in [2.05, 4.69) is 11.8 Å². The topological polar surface area (TPSA) is 44.1 Å². The molecule has 1 amide bonds. The van der Waals surface area contributed by atoms with E-state index in [1.165, 1.54) is 0 Å². The number of nitrogens with zero attached hydrogens (tertiary/aromatic N) is 2. The molecule has 1 aliphatic rings. The van der Waals surface area contributed by atoms with Gasteiger partial charge in [-0.2, -0.15) is 5.26 Å². The third kappa shape index (κ3) is 2.29. The molecule has 0 saturated heterocycles. The number of anilines is 1. The highest BCUT2D eigenvalue weighted by molar-refractivity contribution is 5.93. The maximum absolute atomic E-state index is 11.4. The van der Waals surface area contributed by atoms with Crippen LogP contribution in [0.3, 0.4) is 0 Å². The van der Waals surface area contributed by atoms with Gasteiger partial charge in [0.2, 0.25) is 5.91 Å². The van der Waals surface area contributed by atoms with E-state index in [1.54, 1.807) is 11.8 Å². The van der Waals surface area contributed by atoms with Gasteiger partial charge < -0.3 is 4.90 Å². The lowest BCUT2D eigenvalue weighted by molar-refractivity contribution is -0.116. The first-order valence-corrected chi connectivity index (χ1v) is 5.49. The molecule has 1 aromatic carbocycles. The molecule has 0 spiro atoms. The summed E-state index contributed by atoms with van der Waals surface area (Å²) in [5.41, 5.74) is 3.05. The van der Waals surface area contributed by atoms with Crippen LogP contribution in [0.2, 0.25) is 0 Å². The van der Waals surface area contributed by atoms with Crippen molar-refractivity contribution in [2.24, 2.45) is 0 Å². The first kappa shape index (κ1) is 11.2. The molecule has 0 atom stereocenters. The summed E-state index contributed by atoms with van der Waals surface area (Å²) in [4.78, 5) is 13.1. The van der Waals surface area contributed by atoms with Crippen LogP contribution >= 0.6 is 0 Å². The normalized spacial score (nSPS) is 12.4. The molecule has 0 unspecified atom stereocenters. The Morgan fingerprint density at radius 3 is 3.06 bits per heavy atom. The molecule has 0 saturated carbocycles. The minimum Gasteiger partial charge on any atom is -0.312 e. The van der Waals surface area contributed by atoms with Gasteiger partial charge in [-0.1, -0.05) is 11.8 Å². The van der Waals surface area contributed by atoms with Crippen molar-refractivity contribution in [2.75, 3.05) is 11.4 Å². The quantitative estimate of drug-likeness (QED) is 0.631. The van der Waals surface area contributed by atoms with E-state index >= 15 is 0 Å². The van der Waals surface area contributed by atoms with Crippen LogP contribution in [0.15, 0.2) is 18.2 Å². The number of fused-ring (bicyclic) bond motifs is 1. The smallest absolute Gasteiger partial charge is 0.223 e. The Labute approximate surface area is 101 Å². The molecule has 0 fully saturated rings. The minimum absolute atomic E-state index is 0.0760. The lowest BCUT2D eigenvalue weighted by Crippen LogP contribution is -2.25. The Hall–Kier alpha value is -2.26. The summed E-state index contributed by atoms with van der Waals surface area (Å²) < 4.78 is 0. The van der Waals surface area contributed by atoms with Gasteiger partial charge in [-0.3, -0.25) is 4.79 Å². The molecule has 1 aliphatic heterocycles. The zero-order valence-electron chi connectivity index (χ0n) is 9.66. The van der Waals surface area contributed by atoms with Gasteiger partial charge in [0.1, 0.15) is 0 Å². The molecule has 0 aliphatic carbocycles. The van der Waals surface area contributed by atoms with Crippen LogP contribution in [-0.4, -0.2) is 12.5 Å². The summed E-state index contributed by atoms with van der Waals surface area (Å²) in [7, 11) is 0. The molecule has 0 N–H and O–H groups in total. The average molecular weight is 224 g/mol. The van der Waals surface area contributed by atoms with Gasteiger partial charge in [0, 0.05) is 24.7 Å². The number of carbonyl (C=O) groups excluding carboxylic acids is 1. The van der Waals surface area contributed by atoms with Gasteiger partial charge in [0.05, 0.1) is 12.5 Å². The molecule has 1 heterocycles. The second-order valence-corrected chi connectivity index (χ2v) is 3.90. The third-order valence-corrected chi connectivity index (χ3v) is 2.76. The fourth-order valence-electron chi connectivity index (χ4n) is 1.99.